The molecule has 1 unspecified atom stereocenters. The van der Waals surface area contributed by atoms with Crippen molar-refractivity contribution in [1.29, 1.82) is 0 Å². The summed E-state index contributed by atoms with van der Waals surface area (Å²) in [7, 11) is 0. The summed E-state index contributed by atoms with van der Waals surface area (Å²) >= 11 is 0. The molecule has 0 saturated heterocycles. The second-order valence-corrected chi connectivity index (χ2v) is 3.59. The van der Waals surface area contributed by atoms with Crippen molar-refractivity contribution in [3.63, 3.8) is 0 Å². The maximum Gasteiger partial charge on any atom is 0.221 e. The number of rotatable bonds is 2. The Hall–Kier alpha value is -1.31. The van der Waals surface area contributed by atoms with Gasteiger partial charge in [-0.05, 0) is 12.5 Å². The minimum Gasteiger partial charge on any atom is -0.327 e. The third-order valence-corrected chi connectivity index (χ3v) is 2.19. The van der Waals surface area contributed by atoms with Crippen molar-refractivity contribution < 1.29 is 4.79 Å². The number of carbonyl (C=O) groups excluding carboxylic acids is 1. The fourth-order valence-corrected chi connectivity index (χ4v) is 1.19. The van der Waals surface area contributed by atoms with Crippen molar-refractivity contribution >= 4 is 5.91 Å². The molecule has 1 N–H and O–H groups in total. The van der Waals surface area contributed by atoms with Gasteiger partial charge in [-0.15, -0.1) is 6.58 Å². The molecule has 0 spiro atoms. The zero-order valence-electron chi connectivity index (χ0n) is 8.13. The molecule has 0 aliphatic heterocycles. The van der Waals surface area contributed by atoms with Gasteiger partial charge in [0.05, 0.1) is 0 Å². The Morgan fingerprint density at radius 2 is 2.46 bits per heavy atom. The standard InChI is InChI=1S/C11H15NO/c1-4-11(3)7-5-10(6-8-11)12-9(2)13/h4-7H,1,8H2,2-3H3,(H,12,13). The number of allylic oxidation sites excluding steroid dienone is 4. The van der Waals surface area contributed by atoms with Gasteiger partial charge in [-0.1, -0.05) is 25.2 Å². The van der Waals surface area contributed by atoms with E-state index in [9.17, 15) is 4.79 Å². The van der Waals surface area contributed by atoms with Crippen LogP contribution in [0, 0.1) is 5.41 Å². The van der Waals surface area contributed by atoms with Crippen LogP contribution in [-0.4, -0.2) is 5.91 Å². The zero-order valence-corrected chi connectivity index (χ0v) is 8.13. The first-order valence-electron chi connectivity index (χ1n) is 4.36. The molecule has 1 aliphatic carbocycles. The number of amides is 1. The van der Waals surface area contributed by atoms with Crippen LogP contribution < -0.4 is 5.32 Å². The molecule has 0 saturated carbocycles. The molecule has 0 aromatic rings. The number of nitrogens with one attached hydrogen (secondary N) is 1. The number of hydrogen-bond acceptors (Lipinski definition) is 1. The molecule has 0 fully saturated rings. The summed E-state index contributed by atoms with van der Waals surface area (Å²) < 4.78 is 0. The molecule has 1 amide bonds. The van der Waals surface area contributed by atoms with Crippen LogP contribution in [0.3, 0.4) is 0 Å². The molecule has 70 valence electrons. The lowest BCUT2D eigenvalue weighted by Gasteiger charge is -2.23. The summed E-state index contributed by atoms with van der Waals surface area (Å²) in [6.45, 7) is 7.39. The highest BCUT2D eigenvalue weighted by Crippen LogP contribution is 2.29. The van der Waals surface area contributed by atoms with Crippen molar-refractivity contribution in [2.24, 2.45) is 5.41 Å². The van der Waals surface area contributed by atoms with Gasteiger partial charge < -0.3 is 5.32 Å². The molecule has 1 aliphatic rings. The second-order valence-electron chi connectivity index (χ2n) is 3.59. The summed E-state index contributed by atoms with van der Waals surface area (Å²) in [6, 6.07) is 0. The lowest BCUT2D eigenvalue weighted by Crippen LogP contribution is -2.21. The van der Waals surface area contributed by atoms with Crippen molar-refractivity contribution in [2.75, 3.05) is 0 Å². The molecule has 1 atom stereocenters. The third-order valence-electron chi connectivity index (χ3n) is 2.19. The predicted molar refractivity (Wildman–Crippen MR) is 54.0 cm³/mol. The predicted octanol–water partition coefficient (Wildman–Crippen LogP) is 2.16. The Labute approximate surface area is 79.0 Å². The summed E-state index contributed by atoms with van der Waals surface area (Å²) in [6.07, 6.45) is 8.81. The van der Waals surface area contributed by atoms with Crippen LogP contribution in [0.1, 0.15) is 20.3 Å². The summed E-state index contributed by atoms with van der Waals surface area (Å²) in [5.74, 6) is -0.0295. The Morgan fingerprint density at radius 1 is 1.77 bits per heavy atom. The Morgan fingerprint density at radius 3 is 2.85 bits per heavy atom. The molecule has 13 heavy (non-hydrogen) atoms. The number of hydrogen-bond donors (Lipinski definition) is 1. The fraction of sp³-hybridized carbons (Fsp3) is 0.364. The van der Waals surface area contributed by atoms with E-state index in [4.69, 9.17) is 0 Å². The molecular formula is C11H15NO. The van der Waals surface area contributed by atoms with E-state index >= 15 is 0 Å². The van der Waals surface area contributed by atoms with Gasteiger partial charge in [0.2, 0.25) is 5.91 Å². The quantitative estimate of drug-likeness (QED) is 0.643. The first kappa shape index (κ1) is 9.78. The maximum absolute atomic E-state index is 10.7. The summed E-state index contributed by atoms with van der Waals surface area (Å²) in [5, 5.41) is 2.74. The van der Waals surface area contributed by atoms with Gasteiger partial charge in [-0.25, -0.2) is 0 Å². The highest BCUT2D eigenvalue weighted by atomic mass is 16.1. The van der Waals surface area contributed by atoms with E-state index in [-0.39, 0.29) is 11.3 Å². The second kappa shape index (κ2) is 3.60. The average molecular weight is 177 g/mol. The highest BCUT2D eigenvalue weighted by molar-refractivity contribution is 5.75. The van der Waals surface area contributed by atoms with Crippen LogP contribution in [0.2, 0.25) is 0 Å². The van der Waals surface area contributed by atoms with E-state index < -0.39 is 0 Å². The van der Waals surface area contributed by atoms with Crippen molar-refractivity contribution in [2.45, 2.75) is 20.3 Å². The van der Waals surface area contributed by atoms with Crippen LogP contribution in [0.4, 0.5) is 0 Å². The SMILES string of the molecule is C=CC1(C)C=CC(NC(C)=O)=CC1. The van der Waals surface area contributed by atoms with E-state index in [0.29, 0.717) is 0 Å². The molecule has 1 rings (SSSR count). The lowest BCUT2D eigenvalue weighted by atomic mass is 9.83. The molecular weight excluding hydrogens is 162 g/mol. The van der Waals surface area contributed by atoms with E-state index in [2.05, 4.69) is 24.9 Å². The van der Waals surface area contributed by atoms with Gasteiger partial charge in [0.25, 0.3) is 0 Å². The first-order chi connectivity index (χ1) is 6.06. The van der Waals surface area contributed by atoms with Crippen LogP contribution in [-0.2, 0) is 4.79 Å². The first-order valence-corrected chi connectivity index (χ1v) is 4.36. The average Bonchev–Trinajstić information content (AvgIpc) is 2.09. The van der Waals surface area contributed by atoms with Gasteiger partial charge in [0.1, 0.15) is 0 Å². The Bertz CT molecular complexity index is 288. The lowest BCUT2D eigenvalue weighted by molar-refractivity contribution is -0.118. The molecule has 0 aromatic carbocycles. The summed E-state index contributed by atoms with van der Waals surface area (Å²) in [4.78, 5) is 10.7. The van der Waals surface area contributed by atoms with Gasteiger partial charge >= 0.3 is 0 Å². The smallest absolute Gasteiger partial charge is 0.221 e. The molecule has 0 bridgehead atoms. The van der Waals surface area contributed by atoms with E-state index in [1.807, 2.05) is 18.2 Å². The van der Waals surface area contributed by atoms with Crippen LogP contribution in [0.5, 0.6) is 0 Å². The van der Waals surface area contributed by atoms with Crippen LogP contribution in [0.15, 0.2) is 36.6 Å². The largest absolute Gasteiger partial charge is 0.327 e. The Balaban J connectivity index is 2.64. The van der Waals surface area contributed by atoms with Crippen LogP contribution >= 0.6 is 0 Å². The molecule has 0 heterocycles. The molecule has 2 nitrogen and oxygen atoms in total. The minimum absolute atomic E-state index is 0.0295. The highest BCUT2D eigenvalue weighted by Gasteiger charge is 2.18. The molecule has 2 heteroatoms. The van der Waals surface area contributed by atoms with Crippen LogP contribution in [0.25, 0.3) is 0 Å². The minimum atomic E-state index is -0.0295. The zero-order chi connectivity index (χ0) is 9.90. The van der Waals surface area contributed by atoms with Gasteiger partial charge in [-0.2, -0.15) is 0 Å². The monoisotopic (exact) mass is 177 g/mol. The van der Waals surface area contributed by atoms with E-state index in [1.54, 1.807) is 0 Å². The fourth-order valence-electron chi connectivity index (χ4n) is 1.19. The third kappa shape index (κ3) is 2.58. The molecule has 0 aromatic heterocycles. The Kier molecular flexibility index (Phi) is 2.71. The van der Waals surface area contributed by atoms with Gasteiger partial charge in [0.15, 0.2) is 0 Å². The normalized spacial score (nSPS) is 26.5. The van der Waals surface area contributed by atoms with E-state index in [1.165, 1.54) is 6.92 Å². The molecule has 0 radical (unpaired) electrons. The topological polar surface area (TPSA) is 29.1 Å². The van der Waals surface area contributed by atoms with Gasteiger partial charge in [0, 0.05) is 18.0 Å². The van der Waals surface area contributed by atoms with E-state index in [0.717, 1.165) is 12.1 Å². The van der Waals surface area contributed by atoms with Gasteiger partial charge in [-0.3, -0.25) is 4.79 Å². The maximum atomic E-state index is 10.7. The number of carbonyl (C=O) groups is 1. The van der Waals surface area contributed by atoms with Crippen molar-refractivity contribution in [3.8, 4) is 0 Å². The van der Waals surface area contributed by atoms with Crippen molar-refractivity contribution in [1.82, 2.24) is 5.32 Å². The van der Waals surface area contributed by atoms with Crippen molar-refractivity contribution in [3.05, 3.63) is 36.6 Å². The summed E-state index contributed by atoms with van der Waals surface area (Å²) in [5.41, 5.74) is 0.925.